The Labute approximate surface area is 139 Å². The summed E-state index contributed by atoms with van der Waals surface area (Å²) in [6.07, 6.45) is 0. The highest BCUT2D eigenvalue weighted by atomic mass is 79.9. The third kappa shape index (κ3) is 3.60. The molecule has 0 amide bonds. The number of rotatable bonds is 3. The van der Waals surface area contributed by atoms with Crippen LogP contribution >= 0.6 is 39.1 Å². The van der Waals surface area contributed by atoms with Crippen LogP contribution in [0.4, 0.5) is 15.8 Å². The fourth-order valence-electron chi connectivity index (χ4n) is 1.60. The van der Waals surface area contributed by atoms with E-state index in [-0.39, 0.29) is 26.3 Å². The molecule has 0 bridgehead atoms. The Bertz CT molecular complexity index is 792. The first-order valence-electron chi connectivity index (χ1n) is 5.43. The van der Waals surface area contributed by atoms with E-state index in [9.17, 15) is 12.8 Å². The quantitative estimate of drug-likeness (QED) is 0.737. The Hall–Kier alpha value is -1.02. The van der Waals surface area contributed by atoms with Crippen LogP contribution in [0.3, 0.4) is 0 Å². The average Bonchev–Trinajstić information content (AvgIpc) is 2.30. The van der Waals surface area contributed by atoms with E-state index < -0.39 is 15.8 Å². The summed E-state index contributed by atoms with van der Waals surface area (Å²) in [5, 5.41) is -0.296. The predicted octanol–water partition coefficient (Wildman–Crippen LogP) is 4.28. The van der Waals surface area contributed by atoms with Crippen LogP contribution in [0, 0.1) is 5.82 Å². The fraction of sp³-hybridized carbons (Fsp3) is 0. The Morgan fingerprint density at radius 1 is 1.14 bits per heavy atom. The van der Waals surface area contributed by atoms with Crippen molar-refractivity contribution in [2.75, 3.05) is 10.5 Å². The summed E-state index contributed by atoms with van der Waals surface area (Å²) in [6, 6.07) is 6.40. The van der Waals surface area contributed by atoms with Gasteiger partial charge >= 0.3 is 0 Å². The molecule has 0 radical (unpaired) electrons. The topological polar surface area (TPSA) is 72.2 Å². The van der Waals surface area contributed by atoms with Crippen molar-refractivity contribution in [2.45, 2.75) is 4.90 Å². The number of anilines is 2. The fourth-order valence-corrected chi connectivity index (χ4v) is 4.24. The highest BCUT2D eigenvalue weighted by molar-refractivity contribution is 9.10. The van der Waals surface area contributed by atoms with E-state index in [4.69, 9.17) is 28.9 Å². The minimum Gasteiger partial charge on any atom is -0.399 e. The number of nitrogens with two attached hydrogens (primary N) is 1. The standard InChI is InChI=1S/C12H8BrCl2FN2O2S/c13-6-1-2-11(10(16)3-6)18-21(19,20)12-8(14)4-7(17)5-9(12)15/h1-5,18H,17H2. The molecular weight excluding hydrogens is 406 g/mol. The van der Waals surface area contributed by atoms with Gasteiger partial charge in [-0.15, -0.1) is 0 Å². The summed E-state index contributed by atoms with van der Waals surface area (Å²) >= 11 is 14.8. The number of hydrogen-bond acceptors (Lipinski definition) is 3. The molecule has 0 aliphatic rings. The second-order valence-corrected chi connectivity index (χ2v) is 7.39. The van der Waals surface area contributed by atoms with Crippen LogP contribution < -0.4 is 10.5 Å². The second kappa shape index (κ2) is 6.00. The zero-order chi connectivity index (χ0) is 15.8. The molecule has 0 atom stereocenters. The van der Waals surface area contributed by atoms with Crippen molar-refractivity contribution in [1.82, 2.24) is 0 Å². The van der Waals surface area contributed by atoms with Gasteiger partial charge in [-0.25, -0.2) is 12.8 Å². The summed E-state index contributed by atoms with van der Waals surface area (Å²) in [4.78, 5) is -0.359. The Kier molecular flexibility index (Phi) is 4.67. The van der Waals surface area contributed by atoms with Crippen LogP contribution in [-0.4, -0.2) is 8.42 Å². The van der Waals surface area contributed by atoms with Gasteiger partial charge in [0.05, 0.1) is 15.7 Å². The molecule has 0 spiro atoms. The molecule has 0 saturated carbocycles. The lowest BCUT2D eigenvalue weighted by Gasteiger charge is -2.12. The van der Waals surface area contributed by atoms with Crippen LogP contribution in [0.15, 0.2) is 39.7 Å². The van der Waals surface area contributed by atoms with E-state index >= 15 is 0 Å². The molecule has 0 unspecified atom stereocenters. The van der Waals surface area contributed by atoms with E-state index in [1.807, 2.05) is 0 Å². The monoisotopic (exact) mass is 412 g/mol. The smallest absolute Gasteiger partial charge is 0.264 e. The van der Waals surface area contributed by atoms with E-state index in [1.165, 1.54) is 24.3 Å². The summed E-state index contributed by atoms with van der Waals surface area (Å²) in [7, 11) is -4.15. The highest BCUT2D eigenvalue weighted by Gasteiger charge is 2.23. The first-order valence-corrected chi connectivity index (χ1v) is 8.46. The van der Waals surface area contributed by atoms with Crippen molar-refractivity contribution in [3.63, 3.8) is 0 Å². The lowest BCUT2D eigenvalue weighted by atomic mass is 10.3. The number of benzene rings is 2. The Morgan fingerprint density at radius 3 is 2.24 bits per heavy atom. The molecule has 112 valence electrons. The summed E-state index contributed by atoms with van der Waals surface area (Å²) in [5.41, 5.74) is 5.52. The van der Waals surface area contributed by atoms with Crippen molar-refractivity contribution in [3.8, 4) is 0 Å². The molecule has 0 saturated heterocycles. The molecule has 0 aromatic heterocycles. The minimum absolute atomic E-state index is 0.148. The van der Waals surface area contributed by atoms with Crippen molar-refractivity contribution in [1.29, 1.82) is 0 Å². The van der Waals surface area contributed by atoms with E-state index in [2.05, 4.69) is 20.7 Å². The number of nitrogen functional groups attached to an aromatic ring is 1. The molecule has 2 aromatic rings. The molecule has 0 fully saturated rings. The van der Waals surface area contributed by atoms with Gasteiger partial charge in [0.1, 0.15) is 10.7 Å². The van der Waals surface area contributed by atoms with Crippen LogP contribution in [-0.2, 0) is 10.0 Å². The average molecular weight is 414 g/mol. The molecule has 4 nitrogen and oxygen atoms in total. The first kappa shape index (κ1) is 16.4. The first-order chi connectivity index (χ1) is 9.70. The molecule has 2 rings (SSSR count). The summed E-state index contributed by atoms with van der Waals surface area (Å²) in [6.45, 7) is 0. The maximum absolute atomic E-state index is 13.7. The number of halogens is 4. The van der Waals surface area contributed by atoms with Gasteiger partial charge in [-0.05, 0) is 30.3 Å². The van der Waals surface area contributed by atoms with Crippen molar-refractivity contribution >= 4 is 60.5 Å². The maximum Gasteiger partial charge on any atom is 0.264 e. The van der Waals surface area contributed by atoms with Gasteiger partial charge in [0.25, 0.3) is 10.0 Å². The zero-order valence-electron chi connectivity index (χ0n) is 10.2. The van der Waals surface area contributed by atoms with Gasteiger partial charge in [0.15, 0.2) is 0 Å². The SMILES string of the molecule is Nc1cc(Cl)c(S(=O)(=O)Nc2ccc(Br)cc2F)c(Cl)c1. The number of nitrogens with one attached hydrogen (secondary N) is 1. The number of hydrogen-bond donors (Lipinski definition) is 2. The van der Waals surface area contributed by atoms with Crippen LogP contribution in [0.2, 0.25) is 10.0 Å². The van der Waals surface area contributed by atoms with Gasteiger partial charge in [-0.3, -0.25) is 4.72 Å². The summed E-state index contributed by atoms with van der Waals surface area (Å²) < 4.78 is 40.9. The third-order valence-electron chi connectivity index (χ3n) is 2.46. The van der Waals surface area contributed by atoms with Crippen molar-refractivity contribution in [2.24, 2.45) is 0 Å². The van der Waals surface area contributed by atoms with Crippen LogP contribution in [0.1, 0.15) is 0 Å². The number of sulfonamides is 1. The predicted molar refractivity (Wildman–Crippen MR) is 85.8 cm³/mol. The molecule has 0 heterocycles. The van der Waals surface area contributed by atoms with Gasteiger partial charge in [-0.2, -0.15) is 0 Å². The normalized spacial score (nSPS) is 11.4. The van der Waals surface area contributed by atoms with Gasteiger partial charge < -0.3 is 5.73 Å². The molecule has 9 heteroatoms. The third-order valence-corrected chi connectivity index (χ3v) is 5.24. The second-order valence-electron chi connectivity index (χ2n) is 4.04. The molecule has 2 aromatic carbocycles. The molecule has 3 N–H and O–H groups in total. The van der Waals surface area contributed by atoms with E-state index in [1.54, 1.807) is 0 Å². The molecule has 0 aliphatic heterocycles. The van der Waals surface area contributed by atoms with Crippen LogP contribution in [0.25, 0.3) is 0 Å². The molecule has 21 heavy (non-hydrogen) atoms. The van der Waals surface area contributed by atoms with Crippen LogP contribution in [0.5, 0.6) is 0 Å². The highest BCUT2D eigenvalue weighted by Crippen LogP contribution is 2.33. The van der Waals surface area contributed by atoms with E-state index in [0.717, 1.165) is 6.07 Å². The molecular formula is C12H8BrCl2FN2O2S. The minimum atomic E-state index is -4.15. The van der Waals surface area contributed by atoms with Crippen molar-refractivity contribution in [3.05, 3.63) is 50.7 Å². The molecule has 0 aliphatic carbocycles. The van der Waals surface area contributed by atoms with Gasteiger partial charge in [-0.1, -0.05) is 39.1 Å². The Balaban J connectivity index is 2.48. The zero-order valence-corrected chi connectivity index (χ0v) is 14.1. The van der Waals surface area contributed by atoms with Crippen molar-refractivity contribution < 1.29 is 12.8 Å². The van der Waals surface area contributed by atoms with E-state index in [0.29, 0.717) is 4.47 Å². The summed E-state index contributed by atoms with van der Waals surface area (Å²) in [5.74, 6) is -0.740. The lowest BCUT2D eigenvalue weighted by molar-refractivity contribution is 0.598. The van der Waals surface area contributed by atoms with Gasteiger partial charge in [0.2, 0.25) is 0 Å². The van der Waals surface area contributed by atoms with Gasteiger partial charge in [0, 0.05) is 10.2 Å². The lowest BCUT2D eigenvalue weighted by Crippen LogP contribution is -2.15. The maximum atomic E-state index is 13.7. The largest absolute Gasteiger partial charge is 0.399 e. The Morgan fingerprint density at radius 2 is 1.71 bits per heavy atom.